The van der Waals surface area contributed by atoms with Crippen molar-refractivity contribution >= 4 is 0 Å². The smallest absolute Gasteiger partial charge is 0.122 e. The summed E-state index contributed by atoms with van der Waals surface area (Å²) in [7, 11) is 0. The van der Waals surface area contributed by atoms with Crippen molar-refractivity contribution in [1.29, 1.82) is 0 Å². The minimum atomic E-state index is 0.286. The Labute approximate surface area is 117 Å². The number of ether oxygens (including phenoxy) is 1. The minimum Gasteiger partial charge on any atom is -0.493 e. The Kier molecular flexibility index (Phi) is 5.26. The number of para-hydroxylation sites is 1. The third-order valence-corrected chi connectivity index (χ3v) is 4.37. The van der Waals surface area contributed by atoms with E-state index in [9.17, 15) is 0 Å². The molecule has 1 fully saturated rings. The Hall–Kier alpha value is -1.02. The lowest BCUT2D eigenvalue weighted by molar-refractivity contribution is 0.268. The average molecular weight is 261 g/mol. The second-order valence-corrected chi connectivity index (χ2v) is 5.74. The maximum Gasteiger partial charge on any atom is 0.122 e. The molecule has 0 amide bonds. The zero-order valence-corrected chi connectivity index (χ0v) is 12.3. The number of nitrogens with two attached hydrogens (primary N) is 1. The van der Waals surface area contributed by atoms with Gasteiger partial charge in [-0.15, -0.1) is 0 Å². The lowest BCUT2D eigenvalue weighted by Gasteiger charge is -2.34. The van der Waals surface area contributed by atoms with E-state index in [0.29, 0.717) is 5.92 Å². The van der Waals surface area contributed by atoms with Gasteiger partial charge < -0.3 is 10.5 Å². The van der Waals surface area contributed by atoms with Gasteiger partial charge in [0, 0.05) is 12.0 Å². The van der Waals surface area contributed by atoms with Crippen LogP contribution in [0.3, 0.4) is 0 Å². The molecule has 2 nitrogen and oxygen atoms in total. The molecule has 0 radical (unpaired) electrons. The maximum atomic E-state index is 6.37. The molecule has 3 atom stereocenters. The molecule has 2 heteroatoms. The first-order chi connectivity index (χ1) is 9.26. The summed E-state index contributed by atoms with van der Waals surface area (Å²) in [6.07, 6.45) is 5.95. The molecule has 2 N–H and O–H groups in total. The van der Waals surface area contributed by atoms with Gasteiger partial charge in [-0.3, -0.25) is 0 Å². The fourth-order valence-electron chi connectivity index (χ4n) is 3.14. The molecule has 1 aliphatic carbocycles. The summed E-state index contributed by atoms with van der Waals surface area (Å²) in [6, 6.07) is 8.74. The Bertz CT molecular complexity index is 391. The zero-order chi connectivity index (χ0) is 13.7. The van der Waals surface area contributed by atoms with Gasteiger partial charge in [0.1, 0.15) is 5.75 Å². The maximum absolute atomic E-state index is 6.37. The molecular weight excluding hydrogens is 234 g/mol. The van der Waals surface area contributed by atoms with Crippen molar-refractivity contribution in [3.63, 3.8) is 0 Å². The van der Waals surface area contributed by atoms with Crippen LogP contribution in [0.5, 0.6) is 5.75 Å². The van der Waals surface area contributed by atoms with Crippen molar-refractivity contribution in [3.05, 3.63) is 29.8 Å². The Morgan fingerprint density at radius 1 is 1.21 bits per heavy atom. The standard InChI is InChI=1S/C17H27NO/c1-3-11-19-17-8-6-5-7-14(17)15-12-13(4-2)9-10-16(15)18/h5-8,13,15-16H,3-4,9-12,18H2,1-2H3. The van der Waals surface area contributed by atoms with E-state index in [4.69, 9.17) is 10.5 Å². The number of benzene rings is 1. The predicted octanol–water partition coefficient (Wildman–Crippen LogP) is 4.10. The van der Waals surface area contributed by atoms with Crippen LogP contribution >= 0.6 is 0 Å². The molecule has 3 unspecified atom stereocenters. The van der Waals surface area contributed by atoms with Crippen molar-refractivity contribution in [3.8, 4) is 5.75 Å². The van der Waals surface area contributed by atoms with E-state index in [-0.39, 0.29) is 6.04 Å². The Morgan fingerprint density at radius 2 is 2.00 bits per heavy atom. The first-order valence-electron chi connectivity index (χ1n) is 7.73. The van der Waals surface area contributed by atoms with E-state index < -0.39 is 0 Å². The SMILES string of the molecule is CCCOc1ccccc1C1CC(CC)CCC1N. The van der Waals surface area contributed by atoms with Gasteiger partial charge in [0.05, 0.1) is 6.61 Å². The van der Waals surface area contributed by atoms with E-state index in [1.807, 2.05) is 0 Å². The number of hydrogen-bond acceptors (Lipinski definition) is 2. The molecular formula is C17H27NO. The van der Waals surface area contributed by atoms with Crippen molar-refractivity contribution < 1.29 is 4.74 Å². The first kappa shape index (κ1) is 14.4. The van der Waals surface area contributed by atoms with Gasteiger partial charge in [0.15, 0.2) is 0 Å². The predicted molar refractivity (Wildman–Crippen MR) is 80.6 cm³/mol. The molecule has 1 saturated carbocycles. The van der Waals surface area contributed by atoms with E-state index in [1.54, 1.807) is 0 Å². The molecule has 0 saturated heterocycles. The summed E-state index contributed by atoms with van der Waals surface area (Å²) < 4.78 is 5.90. The van der Waals surface area contributed by atoms with Crippen molar-refractivity contribution in [2.24, 2.45) is 11.7 Å². The molecule has 1 aromatic rings. The number of rotatable bonds is 5. The highest BCUT2D eigenvalue weighted by molar-refractivity contribution is 5.37. The summed E-state index contributed by atoms with van der Waals surface area (Å²) in [5.41, 5.74) is 7.69. The van der Waals surface area contributed by atoms with Crippen LogP contribution in [0, 0.1) is 5.92 Å². The molecule has 0 bridgehead atoms. The van der Waals surface area contributed by atoms with Crippen LogP contribution in [0.1, 0.15) is 57.4 Å². The fraction of sp³-hybridized carbons (Fsp3) is 0.647. The molecule has 1 aliphatic rings. The van der Waals surface area contributed by atoms with Gasteiger partial charge in [-0.25, -0.2) is 0 Å². The van der Waals surface area contributed by atoms with Crippen molar-refractivity contribution in [1.82, 2.24) is 0 Å². The molecule has 0 heterocycles. The Balaban J connectivity index is 2.18. The zero-order valence-electron chi connectivity index (χ0n) is 12.3. The largest absolute Gasteiger partial charge is 0.493 e. The van der Waals surface area contributed by atoms with Gasteiger partial charge >= 0.3 is 0 Å². The summed E-state index contributed by atoms with van der Waals surface area (Å²) >= 11 is 0. The first-order valence-corrected chi connectivity index (χ1v) is 7.73. The van der Waals surface area contributed by atoms with Gasteiger partial charge in [0.25, 0.3) is 0 Å². The topological polar surface area (TPSA) is 35.2 Å². The van der Waals surface area contributed by atoms with Crippen LogP contribution in [-0.4, -0.2) is 12.6 Å². The monoisotopic (exact) mass is 261 g/mol. The third-order valence-electron chi connectivity index (χ3n) is 4.37. The molecule has 19 heavy (non-hydrogen) atoms. The van der Waals surface area contributed by atoms with E-state index in [2.05, 4.69) is 38.1 Å². The van der Waals surface area contributed by atoms with Crippen LogP contribution in [-0.2, 0) is 0 Å². The molecule has 0 spiro atoms. The van der Waals surface area contributed by atoms with Gasteiger partial charge in [-0.1, -0.05) is 38.5 Å². The molecule has 1 aromatic carbocycles. The summed E-state index contributed by atoms with van der Waals surface area (Å²) in [5, 5.41) is 0. The molecule has 0 aromatic heterocycles. The highest BCUT2D eigenvalue weighted by Crippen LogP contribution is 2.40. The second-order valence-electron chi connectivity index (χ2n) is 5.74. The normalized spacial score (nSPS) is 27.2. The summed E-state index contributed by atoms with van der Waals surface area (Å²) in [4.78, 5) is 0. The van der Waals surface area contributed by atoms with E-state index >= 15 is 0 Å². The summed E-state index contributed by atoms with van der Waals surface area (Å²) in [5.74, 6) is 2.33. The molecule has 2 rings (SSSR count). The highest BCUT2D eigenvalue weighted by Gasteiger charge is 2.30. The lowest BCUT2D eigenvalue weighted by Crippen LogP contribution is -2.34. The van der Waals surface area contributed by atoms with Crippen LogP contribution in [0.4, 0.5) is 0 Å². The van der Waals surface area contributed by atoms with Crippen molar-refractivity contribution in [2.75, 3.05) is 6.61 Å². The van der Waals surface area contributed by atoms with Gasteiger partial charge in [-0.2, -0.15) is 0 Å². The third kappa shape index (κ3) is 3.50. The van der Waals surface area contributed by atoms with Gasteiger partial charge in [-0.05, 0) is 43.2 Å². The fourth-order valence-corrected chi connectivity index (χ4v) is 3.14. The summed E-state index contributed by atoms with van der Waals surface area (Å²) in [6.45, 7) is 5.22. The average Bonchev–Trinajstić information content (AvgIpc) is 2.46. The quantitative estimate of drug-likeness (QED) is 0.866. The second kappa shape index (κ2) is 6.95. The highest BCUT2D eigenvalue weighted by atomic mass is 16.5. The van der Waals surface area contributed by atoms with Gasteiger partial charge in [0.2, 0.25) is 0 Å². The van der Waals surface area contributed by atoms with Crippen LogP contribution in [0.15, 0.2) is 24.3 Å². The van der Waals surface area contributed by atoms with E-state index in [1.165, 1.54) is 24.8 Å². The Morgan fingerprint density at radius 3 is 2.74 bits per heavy atom. The van der Waals surface area contributed by atoms with Crippen molar-refractivity contribution in [2.45, 2.75) is 57.9 Å². The van der Waals surface area contributed by atoms with Crippen LogP contribution in [0.2, 0.25) is 0 Å². The van der Waals surface area contributed by atoms with Crippen LogP contribution in [0.25, 0.3) is 0 Å². The minimum absolute atomic E-state index is 0.286. The molecule has 106 valence electrons. The van der Waals surface area contributed by atoms with E-state index in [0.717, 1.165) is 31.1 Å². The molecule has 0 aliphatic heterocycles. The number of hydrogen-bond donors (Lipinski definition) is 1. The lowest BCUT2D eigenvalue weighted by atomic mass is 9.74. The van der Waals surface area contributed by atoms with Crippen LogP contribution < -0.4 is 10.5 Å².